The van der Waals surface area contributed by atoms with E-state index in [4.69, 9.17) is 9.47 Å². The van der Waals surface area contributed by atoms with Crippen molar-refractivity contribution in [2.24, 2.45) is 0 Å². The zero-order valence-electron chi connectivity index (χ0n) is 7.30. The van der Waals surface area contributed by atoms with Crippen LogP contribution in [0.4, 0.5) is 0 Å². The van der Waals surface area contributed by atoms with Gasteiger partial charge in [0.2, 0.25) is 0 Å². The molecule has 0 amide bonds. The van der Waals surface area contributed by atoms with E-state index in [0.29, 0.717) is 6.04 Å². The van der Waals surface area contributed by atoms with Gasteiger partial charge in [0.15, 0.2) is 0 Å². The summed E-state index contributed by atoms with van der Waals surface area (Å²) in [7, 11) is 0. The van der Waals surface area contributed by atoms with Crippen molar-refractivity contribution in [1.82, 2.24) is 5.32 Å². The summed E-state index contributed by atoms with van der Waals surface area (Å²) >= 11 is 0. The third kappa shape index (κ3) is 2.43. The van der Waals surface area contributed by atoms with Crippen LogP contribution in [0.5, 0.6) is 0 Å². The van der Waals surface area contributed by atoms with Gasteiger partial charge in [0.25, 0.3) is 0 Å². The van der Waals surface area contributed by atoms with Crippen LogP contribution in [-0.4, -0.2) is 38.5 Å². The number of hydrogen-bond donors (Lipinski definition) is 1. The van der Waals surface area contributed by atoms with Crippen LogP contribution < -0.4 is 5.32 Å². The fourth-order valence-corrected chi connectivity index (χ4v) is 1.37. The van der Waals surface area contributed by atoms with Gasteiger partial charge in [0.1, 0.15) is 0 Å². The fourth-order valence-electron chi connectivity index (χ4n) is 1.37. The standard InChI is InChI=1S/C8H17NO2/c1-3-9-7-5-10-6-8(7)11-4-2/h7-9H,3-6H2,1-2H3/t7-,8+/m1/s1. The molecule has 3 nitrogen and oxygen atoms in total. The third-order valence-electron chi connectivity index (χ3n) is 1.88. The Balaban J connectivity index is 2.25. The Morgan fingerprint density at radius 1 is 1.45 bits per heavy atom. The van der Waals surface area contributed by atoms with Crippen LogP contribution in [0, 0.1) is 0 Å². The highest BCUT2D eigenvalue weighted by atomic mass is 16.5. The van der Waals surface area contributed by atoms with Gasteiger partial charge < -0.3 is 14.8 Å². The first kappa shape index (κ1) is 8.97. The summed E-state index contributed by atoms with van der Waals surface area (Å²) in [6, 6.07) is 0.403. The normalized spacial score (nSPS) is 31.1. The molecule has 0 aromatic heterocycles. The Hall–Kier alpha value is -0.120. The van der Waals surface area contributed by atoms with E-state index in [-0.39, 0.29) is 6.10 Å². The molecule has 11 heavy (non-hydrogen) atoms. The molecule has 1 aliphatic heterocycles. The lowest BCUT2D eigenvalue weighted by Gasteiger charge is -2.17. The average Bonchev–Trinajstić information content (AvgIpc) is 2.39. The molecule has 1 heterocycles. The van der Waals surface area contributed by atoms with Crippen molar-refractivity contribution in [3.05, 3.63) is 0 Å². The van der Waals surface area contributed by atoms with E-state index in [1.807, 2.05) is 6.92 Å². The van der Waals surface area contributed by atoms with Gasteiger partial charge in [-0.1, -0.05) is 6.92 Å². The highest BCUT2D eigenvalue weighted by molar-refractivity contribution is 4.81. The summed E-state index contributed by atoms with van der Waals surface area (Å²) in [4.78, 5) is 0. The molecule has 0 bridgehead atoms. The lowest BCUT2D eigenvalue weighted by Crippen LogP contribution is -2.40. The predicted octanol–water partition coefficient (Wildman–Crippen LogP) is 0.400. The molecule has 0 radical (unpaired) electrons. The second-order valence-electron chi connectivity index (χ2n) is 2.70. The summed E-state index contributed by atoms with van der Waals surface area (Å²) < 4.78 is 10.8. The molecule has 1 aliphatic rings. The quantitative estimate of drug-likeness (QED) is 0.644. The molecule has 1 fully saturated rings. The van der Waals surface area contributed by atoms with Crippen molar-refractivity contribution in [3.8, 4) is 0 Å². The molecule has 0 unspecified atom stereocenters. The van der Waals surface area contributed by atoms with E-state index >= 15 is 0 Å². The van der Waals surface area contributed by atoms with Crippen LogP contribution in [0.25, 0.3) is 0 Å². The van der Waals surface area contributed by atoms with E-state index in [9.17, 15) is 0 Å². The Kier molecular flexibility index (Phi) is 3.83. The van der Waals surface area contributed by atoms with Gasteiger partial charge in [-0.25, -0.2) is 0 Å². The van der Waals surface area contributed by atoms with Crippen molar-refractivity contribution in [2.75, 3.05) is 26.4 Å². The van der Waals surface area contributed by atoms with Crippen molar-refractivity contribution in [3.63, 3.8) is 0 Å². The minimum absolute atomic E-state index is 0.264. The fraction of sp³-hybridized carbons (Fsp3) is 1.00. The third-order valence-corrected chi connectivity index (χ3v) is 1.88. The molecule has 0 aromatic rings. The van der Waals surface area contributed by atoms with Gasteiger partial charge in [-0.3, -0.25) is 0 Å². The van der Waals surface area contributed by atoms with E-state index in [1.54, 1.807) is 0 Å². The molecule has 66 valence electrons. The van der Waals surface area contributed by atoms with E-state index in [2.05, 4.69) is 12.2 Å². The summed E-state index contributed by atoms with van der Waals surface area (Å²) in [6.45, 7) is 7.40. The topological polar surface area (TPSA) is 30.5 Å². The summed E-state index contributed by atoms with van der Waals surface area (Å²) in [6.07, 6.45) is 0.264. The second-order valence-corrected chi connectivity index (χ2v) is 2.70. The van der Waals surface area contributed by atoms with E-state index < -0.39 is 0 Å². The Morgan fingerprint density at radius 3 is 2.91 bits per heavy atom. The van der Waals surface area contributed by atoms with Gasteiger partial charge >= 0.3 is 0 Å². The number of rotatable bonds is 4. The molecular weight excluding hydrogens is 142 g/mol. The molecule has 0 saturated carbocycles. The van der Waals surface area contributed by atoms with Gasteiger partial charge in [0, 0.05) is 6.61 Å². The highest BCUT2D eigenvalue weighted by Gasteiger charge is 2.27. The zero-order valence-corrected chi connectivity index (χ0v) is 7.30. The van der Waals surface area contributed by atoms with Crippen LogP contribution in [0.15, 0.2) is 0 Å². The maximum atomic E-state index is 5.48. The first-order valence-corrected chi connectivity index (χ1v) is 4.31. The first-order chi connectivity index (χ1) is 5.38. The van der Waals surface area contributed by atoms with Crippen LogP contribution in [0.3, 0.4) is 0 Å². The molecule has 0 aliphatic carbocycles. The summed E-state index contributed by atoms with van der Waals surface area (Å²) in [5.74, 6) is 0. The highest BCUT2D eigenvalue weighted by Crippen LogP contribution is 2.08. The smallest absolute Gasteiger partial charge is 0.0983 e. The number of nitrogens with one attached hydrogen (secondary N) is 1. The average molecular weight is 159 g/mol. The Bertz CT molecular complexity index is 96.3. The van der Waals surface area contributed by atoms with Crippen LogP contribution in [0.2, 0.25) is 0 Å². The largest absolute Gasteiger partial charge is 0.377 e. The predicted molar refractivity (Wildman–Crippen MR) is 43.7 cm³/mol. The number of ether oxygens (including phenoxy) is 2. The van der Waals surface area contributed by atoms with E-state index in [1.165, 1.54) is 0 Å². The van der Waals surface area contributed by atoms with E-state index in [0.717, 1.165) is 26.4 Å². The summed E-state index contributed by atoms with van der Waals surface area (Å²) in [5.41, 5.74) is 0. The van der Waals surface area contributed by atoms with Gasteiger partial charge in [-0.05, 0) is 13.5 Å². The maximum Gasteiger partial charge on any atom is 0.0983 e. The molecule has 1 rings (SSSR count). The minimum Gasteiger partial charge on any atom is -0.377 e. The molecule has 0 aromatic carbocycles. The SMILES string of the molecule is CCN[C@@H]1COC[C@@H]1OCC. The molecular formula is C8H17NO2. The first-order valence-electron chi connectivity index (χ1n) is 4.31. The molecule has 1 N–H and O–H groups in total. The lowest BCUT2D eigenvalue weighted by molar-refractivity contribution is 0.0416. The number of hydrogen-bond acceptors (Lipinski definition) is 3. The Morgan fingerprint density at radius 2 is 2.27 bits per heavy atom. The monoisotopic (exact) mass is 159 g/mol. The van der Waals surface area contributed by atoms with Crippen LogP contribution >= 0.6 is 0 Å². The van der Waals surface area contributed by atoms with Crippen molar-refractivity contribution < 1.29 is 9.47 Å². The van der Waals surface area contributed by atoms with Crippen molar-refractivity contribution in [1.29, 1.82) is 0 Å². The van der Waals surface area contributed by atoms with Crippen LogP contribution in [-0.2, 0) is 9.47 Å². The second kappa shape index (κ2) is 4.70. The van der Waals surface area contributed by atoms with Gasteiger partial charge in [0.05, 0.1) is 25.4 Å². The lowest BCUT2D eigenvalue weighted by atomic mass is 10.2. The minimum atomic E-state index is 0.264. The number of likely N-dealkylation sites (N-methyl/N-ethyl adjacent to an activating group) is 1. The Labute approximate surface area is 68.1 Å². The molecule has 3 heteroatoms. The molecule has 2 atom stereocenters. The molecule has 1 saturated heterocycles. The van der Waals surface area contributed by atoms with Crippen LogP contribution in [0.1, 0.15) is 13.8 Å². The van der Waals surface area contributed by atoms with Crippen molar-refractivity contribution in [2.45, 2.75) is 26.0 Å². The zero-order chi connectivity index (χ0) is 8.10. The summed E-state index contributed by atoms with van der Waals surface area (Å²) in [5, 5.41) is 3.33. The maximum absolute atomic E-state index is 5.48. The molecule has 0 spiro atoms. The van der Waals surface area contributed by atoms with Gasteiger partial charge in [-0.15, -0.1) is 0 Å². The van der Waals surface area contributed by atoms with Gasteiger partial charge in [-0.2, -0.15) is 0 Å². The van der Waals surface area contributed by atoms with Crippen molar-refractivity contribution >= 4 is 0 Å².